The molecule has 0 heterocycles. The topological polar surface area (TPSA) is 63.3 Å². The summed E-state index contributed by atoms with van der Waals surface area (Å²) in [6.45, 7) is 0. The van der Waals surface area contributed by atoms with Crippen molar-refractivity contribution in [3.8, 4) is 0 Å². The van der Waals surface area contributed by atoms with Crippen molar-refractivity contribution in [1.29, 1.82) is 0 Å². The van der Waals surface area contributed by atoms with Crippen LogP contribution in [0.1, 0.15) is 5.56 Å². The monoisotopic (exact) mass is 201 g/mol. The summed E-state index contributed by atoms with van der Waals surface area (Å²) in [5.41, 5.74) is 5.06. The number of carbonyl (C=O) groups is 1. The quantitative estimate of drug-likeness (QED) is 0.719. The first-order valence-electron chi connectivity index (χ1n) is 3.87. The van der Waals surface area contributed by atoms with Crippen LogP contribution in [0.5, 0.6) is 0 Å². The van der Waals surface area contributed by atoms with E-state index in [1.54, 1.807) is 0 Å². The lowest BCUT2D eigenvalue weighted by molar-refractivity contribution is -0.150. The van der Waals surface area contributed by atoms with Gasteiger partial charge in [-0.25, -0.2) is 13.6 Å². The minimum Gasteiger partial charge on any atom is -0.478 e. The third-order valence-electron chi connectivity index (χ3n) is 1.71. The molecule has 0 spiro atoms. The van der Waals surface area contributed by atoms with Crippen LogP contribution in [0.25, 0.3) is 0 Å². The molecule has 0 unspecified atom stereocenters. The van der Waals surface area contributed by atoms with Crippen LogP contribution in [0.3, 0.4) is 0 Å². The third kappa shape index (κ3) is 2.50. The number of halogens is 2. The minimum absolute atomic E-state index is 0.206. The predicted octanol–water partition coefficient (Wildman–Crippen LogP) is 1.08. The van der Waals surface area contributed by atoms with Gasteiger partial charge in [0, 0.05) is 6.42 Å². The molecule has 5 heteroatoms. The number of carboxylic acids is 1. The van der Waals surface area contributed by atoms with Gasteiger partial charge in [-0.2, -0.15) is 0 Å². The summed E-state index contributed by atoms with van der Waals surface area (Å²) in [6, 6.07) is 5.00. The molecule has 0 aliphatic rings. The van der Waals surface area contributed by atoms with Gasteiger partial charge < -0.3 is 5.11 Å². The van der Waals surface area contributed by atoms with Crippen molar-refractivity contribution in [2.75, 3.05) is 0 Å². The molecule has 3 nitrogen and oxygen atoms in total. The summed E-state index contributed by atoms with van der Waals surface area (Å²) >= 11 is 0. The second-order valence-electron chi connectivity index (χ2n) is 2.97. The van der Waals surface area contributed by atoms with Crippen LogP contribution < -0.4 is 5.73 Å². The molecule has 76 valence electrons. The lowest BCUT2D eigenvalue weighted by Gasteiger charge is -2.14. The summed E-state index contributed by atoms with van der Waals surface area (Å²) in [7, 11) is 0. The molecule has 0 aliphatic carbocycles. The van der Waals surface area contributed by atoms with E-state index in [4.69, 9.17) is 10.8 Å². The molecule has 1 aromatic rings. The van der Waals surface area contributed by atoms with E-state index in [0.29, 0.717) is 0 Å². The number of alkyl halides is 1. The van der Waals surface area contributed by atoms with E-state index >= 15 is 0 Å². The van der Waals surface area contributed by atoms with Gasteiger partial charge >= 0.3 is 5.97 Å². The van der Waals surface area contributed by atoms with E-state index in [0.717, 1.165) is 6.07 Å². The van der Waals surface area contributed by atoms with Crippen molar-refractivity contribution in [2.24, 2.45) is 5.73 Å². The summed E-state index contributed by atoms with van der Waals surface area (Å²) < 4.78 is 25.7. The Morgan fingerprint density at radius 3 is 2.71 bits per heavy atom. The number of nitrogens with two attached hydrogens (primary N) is 1. The zero-order chi connectivity index (χ0) is 10.8. The highest BCUT2D eigenvalue weighted by molar-refractivity contribution is 5.76. The maximum atomic E-state index is 13.1. The molecule has 3 N–H and O–H groups in total. The Balaban J connectivity index is 2.83. The van der Waals surface area contributed by atoms with Crippen molar-refractivity contribution in [3.63, 3.8) is 0 Å². The summed E-state index contributed by atoms with van der Waals surface area (Å²) in [5.74, 6) is -5.17. The molecular formula is C9H9F2NO2. The number of hydrogen-bond acceptors (Lipinski definition) is 2. The van der Waals surface area contributed by atoms with Gasteiger partial charge in [-0.15, -0.1) is 0 Å². The fourth-order valence-corrected chi connectivity index (χ4v) is 1.02. The molecular weight excluding hydrogens is 192 g/mol. The van der Waals surface area contributed by atoms with Crippen LogP contribution in [0, 0.1) is 5.82 Å². The van der Waals surface area contributed by atoms with E-state index in [2.05, 4.69) is 0 Å². The van der Waals surface area contributed by atoms with Gasteiger partial charge in [0.25, 0.3) is 5.79 Å². The normalized spacial score (nSPS) is 14.8. The Kier molecular flexibility index (Phi) is 2.81. The first-order valence-corrected chi connectivity index (χ1v) is 3.87. The number of benzene rings is 1. The molecule has 0 radical (unpaired) electrons. The highest BCUT2D eigenvalue weighted by Crippen LogP contribution is 2.13. The molecule has 14 heavy (non-hydrogen) atoms. The second-order valence-corrected chi connectivity index (χ2v) is 2.97. The van der Waals surface area contributed by atoms with Crippen molar-refractivity contribution in [3.05, 3.63) is 35.6 Å². The average Bonchev–Trinajstić information content (AvgIpc) is 2.02. The zero-order valence-electron chi connectivity index (χ0n) is 7.21. The van der Waals surface area contributed by atoms with Gasteiger partial charge in [0.15, 0.2) is 0 Å². The Labute approximate surface area is 79.2 Å². The first-order chi connectivity index (χ1) is 6.42. The van der Waals surface area contributed by atoms with Gasteiger partial charge in [0.05, 0.1) is 0 Å². The molecule has 0 aliphatic heterocycles. The van der Waals surface area contributed by atoms with E-state index in [1.807, 2.05) is 0 Å². The highest BCUT2D eigenvalue weighted by atomic mass is 19.1. The lowest BCUT2D eigenvalue weighted by Crippen LogP contribution is -2.45. The largest absolute Gasteiger partial charge is 0.478 e. The van der Waals surface area contributed by atoms with Crippen molar-refractivity contribution in [1.82, 2.24) is 0 Å². The Morgan fingerprint density at radius 2 is 2.21 bits per heavy atom. The summed E-state index contributed by atoms with van der Waals surface area (Å²) in [6.07, 6.45) is -0.555. The molecule has 0 amide bonds. The smallest absolute Gasteiger partial charge is 0.356 e. The Bertz CT molecular complexity index is 352. The van der Waals surface area contributed by atoms with E-state index in [1.165, 1.54) is 18.2 Å². The van der Waals surface area contributed by atoms with Gasteiger partial charge in [-0.3, -0.25) is 5.73 Å². The molecule has 0 fully saturated rings. The fourth-order valence-electron chi connectivity index (χ4n) is 1.02. The Morgan fingerprint density at radius 1 is 1.57 bits per heavy atom. The Hall–Kier alpha value is -1.49. The second kappa shape index (κ2) is 3.71. The number of carboxylic acid groups (broad SMARTS) is 1. The zero-order valence-corrected chi connectivity index (χ0v) is 7.21. The molecule has 1 aromatic carbocycles. The van der Waals surface area contributed by atoms with Crippen LogP contribution in [0.15, 0.2) is 24.3 Å². The van der Waals surface area contributed by atoms with Crippen molar-refractivity contribution in [2.45, 2.75) is 12.2 Å². The minimum atomic E-state index is -2.85. The van der Waals surface area contributed by atoms with Gasteiger partial charge in [0.1, 0.15) is 5.82 Å². The standard InChI is InChI=1S/C9H9F2NO2/c10-7-3-1-2-6(4-7)5-9(11,12)8(13)14/h1-4H,5,12H2,(H,13,14)/t9-/m0/s1. The summed E-state index contributed by atoms with van der Waals surface area (Å²) in [4.78, 5) is 10.3. The molecule has 1 rings (SSSR count). The van der Waals surface area contributed by atoms with E-state index in [9.17, 15) is 13.6 Å². The van der Waals surface area contributed by atoms with Crippen LogP contribution in [0.4, 0.5) is 8.78 Å². The van der Waals surface area contributed by atoms with Crippen LogP contribution in [-0.4, -0.2) is 16.9 Å². The van der Waals surface area contributed by atoms with Crippen molar-refractivity contribution < 1.29 is 18.7 Å². The van der Waals surface area contributed by atoms with Gasteiger partial charge in [-0.05, 0) is 17.7 Å². The molecule has 0 saturated heterocycles. The van der Waals surface area contributed by atoms with Crippen LogP contribution in [0.2, 0.25) is 0 Å². The number of hydrogen-bond donors (Lipinski definition) is 2. The predicted molar refractivity (Wildman–Crippen MR) is 45.8 cm³/mol. The molecule has 0 saturated carbocycles. The summed E-state index contributed by atoms with van der Waals surface area (Å²) in [5, 5.41) is 8.38. The maximum Gasteiger partial charge on any atom is 0.356 e. The van der Waals surface area contributed by atoms with Crippen LogP contribution in [-0.2, 0) is 11.2 Å². The molecule has 0 bridgehead atoms. The first kappa shape index (κ1) is 10.6. The SMILES string of the molecule is N[C@@](F)(Cc1cccc(F)c1)C(=O)O. The van der Waals surface area contributed by atoms with Gasteiger partial charge in [-0.1, -0.05) is 12.1 Å². The lowest BCUT2D eigenvalue weighted by atomic mass is 10.0. The van der Waals surface area contributed by atoms with E-state index in [-0.39, 0.29) is 5.56 Å². The highest BCUT2D eigenvalue weighted by Gasteiger charge is 2.33. The fraction of sp³-hybridized carbons (Fsp3) is 0.222. The average molecular weight is 201 g/mol. The molecule has 1 atom stereocenters. The number of rotatable bonds is 3. The van der Waals surface area contributed by atoms with Gasteiger partial charge in [0.2, 0.25) is 0 Å². The third-order valence-corrected chi connectivity index (χ3v) is 1.71. The van der Waals surface area contributed by atoms with E-state index < -0.39 is 24.0 Å². The maximum absolute atomic E-state index is 13.1. The van der Waals surface area contributed by atoms with Crippen LogP contribution >= 0.6 is 0 Å². The number of aliphatic carboxylic acids is 1. The van der Waals surface area contributed by atoms with Crippen molar-refractivity contribution >= 4 is 5.97 Å². The molecule has 0 aromatic heterocycles.